The fourth-order valence-corrected chi connectivity index (χ4v) is 1.68. The van der Waals surface area contributed by atoms with Crippen LogP contribution in [0.4, 0.5) is 4.39 Å². The third kappa shape index (κ3) is 5.29. The highest BCUT2D eigenvalue weighted by Crippen LogP contribution is 2.16. The van der Waals surface area contributed by atoms with Gasteiger partial charge in [-0.2, -0.15) is 0 Å². The van der Waals surface area contributed by atoms with E-state index in [1.807, 2.05) is 7.05 Å². The molecule has 0 aliphatic rings. The van der Waals surface area contributed by atoms with Gasteiger partial charge >= 0.3 is 0 Å². The van der Waals surface area contributed by atoms with Crippen LogP contribution in [-0.4, -0.2) is 30.8 Å². The van der Waals surface area contributed by atoms with Crippen LogP contribution in [0.25, 0.3) is 0 Å². The quantitative estimate of drug-likeness (QED) is 0.781. The summed E-state index contributed by atoms with van der Waals surface area (Å²) in [5.41, 5.74) is 1.01. The summed E-state index contributed by atoms with van der Waals surface area (Å²) in [6, 6.07) is 4.77. The van der Waals surface area contributed by atoms with E-state index in [4.69, 9.17) is 11.6 Å². The molecule has 0 aromatic heterocycles. The molecule has 1 aromatic rings. The second-order valence-electron chi connectivity index (χ2n) is 4.25. The van der Waals surface area contributed by atoms with Gasteiger partial charge in [-0.15, -0.1) is 0 Å². The molecule has 0 radical (unpaired) electrons. The van der Waals surface area contributed by atoms with Crippen molar-refractivity contribution >= 4 is 17.4 Å². The van der Waals surface area contributed by atoms with Crippen LogP contribution >= 0.6 is 11.6 Å². The summed E-state index contributed by atoms with van der Waals surface area (Å²) in [5, 5.41) is 0.161. The number of hydrogen-bond acceptors (Lipinski definition) is 2. The number of carbonyl (C=O) groups excluding carboxylic acids is 1. The molecule has 0 fully saturated rings. The molecule has 94 valence electrons. The monoisotopic (exact) mass is 257 g/mol. The summed E-state index contributed by atoms with van der Waals surface area (Å²) in [5.74, 6) is -0.193. The van der Waals surface area contributed by atoms with Crippen LogP contribution < -0.4 is 0 Å². The zero-order chi connectivity index (χ0) is 12.8. The molecule has 0 atom stereocenters. The van der Waals surface area contributed by atoms with Gasteiger partial charge in [0.15, 0.2) is 0 Å². The van der Waals surface area contributed by atoms with Crippen LogP contribution in [-0.2, 0) is 11.2 Å². The van der Waals surface area contributed by atoms with E-state index in [-0.39, 0.29) is 16.6 Å². The molecule has 0 bridgehead atoms. The minimum atomic E-state index is -0.389. The lowest BCUT2D eigenvalue weighted by atomic mass is 10.1. The van der Waals surface area contributed by atoms with E-state index in [9.17, 15) is 9.18 Å². The number of carbonyl (C=O) groups is 1. The molecule has 0 aliphatic carbocycles. The third-order valence-corrected chi connectivity index (χ3v) is 2.90. The first-order chi connectivity index (χ1) is 7.99. The van der Waals surface area contributed by atoms with E-state index < -0.39 is 0 Å². The van der Waals surface area contributed by atoms with Gasteiger partial charge in [-0.05, 0) is 38.1 Å². The van der Waals surface area contributed by atoms with Crippen molar-refractivity contribution in [1.29, 1.82) is 0 Å². The lowest BCUT2D eigenvalue weighted by molar-refractivity contribution is -0.117. The molecular formula is C13H17ClFNO. The molecule has 0 N–H and O–H groups in total. The normalized spacial score (nSPS) is 10.9. The Hall–Kier alpha value is -0.930. The Balaban J connectivity index is 2.39. The predicted octanol–water partition coefficient (Wildman–Crippen LogP) is 2.93. The van der Waals surface area contributed by atoms with E-state index in [0.717, 1.165) is 25.1 Å². The highest BCUT2D eigenvalue weighted by atomic mass is 35.5. The number of benzene rings is 1. The van der Waals surface area contributed by atoms with Crippen molar-refractivity contribution in [2.45, 2.75) is 19.8 Å². The summed E-state index contributed by atoms with van der Waals surface area (Å²) in [4.78, 5) is 12.9. The summed E-state index contributed by atoms with van der Waals surface area (Å²) in [7, 11) is 1.97. The molecule has 1 aromatic carbocycles. The Morgan fingerprint density at radius 3 is 2.71 bits per heavy atom. The molecule has 0 aliphatic heterocycles. The number of likely N-dealkylation sites (N-methyl/N-ethyl adjacent to an activating group) is 1. The Morgan fingerprint density at radius 1 is 1.41 bits per heavy atom. The minimum Gasteiger partial charge on any atom is -0.306 e. The Labute approximate surface area is 106 Å². The van der Waals surface area contributed by atoms with Crippen molar-refractivity contribution in [2.75, 3.05) is 20.1 Å². The number of Topliss-reactive ketones (excluding diaryl/α,β-unsaturated/α-hetero) is 1. The third-order valence-electron chi connectivity index (χ3n) is 2.61. The summed E-state index contributed by atoms with van der Waals surface area (Å²) in [6.07, 6.45) is 1.37. The SMILES string of the molecule is CC(=O)CCN(C)CCc1ccc(F)c(Cl)c1. The number of nitrogens with zero attached hydrogens (tertiary/aromatic N) is 1. The standard InChI is InChI=1S/C13H17ClFNO/c1-10(17)5-7-16(2)8-6-11-3-4-13(15)12(14)9-11/h3-4,9H,5-8H2,1-2H3. The lowest BCUT2D eigenvalue weighted by Crippen LogP contribution is -2.23. The highest BCUT2D eigenvalue weighted by molar-refractivity contribution is 6.30. The molecule has 0 saturated carbocycles. The predicted molar refractivity (Wildman–Crippen MR) is 67.9 cm³/mol. The molecule has 0 spiro atoms. The summed E-state index contributed by atoms with van der Waals surface area (Å²) >= 11 is 5.70. The van der Waals surface area contributed by atoms with Gasteiger partial charge in [0.25, 0.3) is 0 Å². The smallest absolute Gasteiger partial charge is 0.141 e. The van der Waals surface area contributed by atoms with Gasteiger partial charge in [0.2, 0.25) is 0 Å². The van der Waals surface area contributed by atoms with E-state index in [2.05, 4.69) is 4.90 Å². The van der Waals surface area contributed by atoms with Crippen molar-refractivity contribution in [3.8, 4) is 0 Å². The first-order valence-electron chi connectivity index (χ1n) is 5.61. The van der Waals surface area contributed by atoms with E-state index in [1.165, 1.54) is 6.07 Å². The molecule has 2 nitrogen and oxygen atoms in total. The van der Waals surface area contributed by atoms with Crippen LogP contribution in [0.2, 0.25) is 5.02 Å². The molecule has 0 amide bonds. The van der Waals surface area contributed by atoms with E-state index in [1.54, 1.807) is 19.1 Å². The van der Waals surface area contributed by atoms with Gasteiger partial charge in [-0.1, -0.05) is 17.7 Å². The molecular weight excluding hydrogens is 241 g/mol. The van der Waals surface area contributed by atoms with Crippen LogP contribution in [0.15, 0.2) is 18.2 Å². The first-order valence-corrected chi connectivity index (χ1v) is 5.98. The molecule has 0 unspecified atom stereocenters. The topological polar surface area (TPSA) is 20.3 Å². The average Bonchev–Trinajstić information content (AvgIpc) is 2.28. The van der Waals surface area contributed by atoms with Gasteiger partial charge in [-0.25, -0.2) is 4.39 Å². The second-order valence-corrected chi connectivity index (χ2v) is 4.66. The number of halogens is 2. The van der Waals surface area contributed by atoms with Crippen molar-refractivity contribution < 1.29 is 9.18 Å². The molecule has 1 rings (SSSR count). The van der Waals surface area contributed by atoms with Crippen LogP contribution in [0, 0.1) is 5.82 Å². The van der Waals surface area contributed by atoms with Crippen molar-refractivity contribution in [1.82, 2.24) is 4.90 Å². The fraction of sp³-hybridized carbons (Fsp3) is 0.462. The summed E-state index contributed by atoms with van der Waals surface area (Å²) in [6.45, 7) is 3.17. The largest absolute Gasteiger partial charge is 0.306 e. The molecule has 17 heavy (non-hydrogen) atoms. The lowest BCUT2D eigenvalue weighted by Gasteiger charge is -2.15. The van der Waals surface area contributed by atoms with Crippen LogP contribution in [0.1, 0.15) is 18.9 Å². The van der Waals surface area contributed by atoms with Gasteiger partial charge in [0.1, 0.15) is 11.6 Å². The number of rotatable bonds is 6. The Kier molecular flexibility index (Phi) is 5.59. The van der Waals surface area contributed by atoms with Crippen molar-refractivity contribution in [3.63, 3.8) is 0 Å². The Bertz CT molecular complexity index is 395. The molecule has 0 saturated heterocycles. The summed E-state index contributed by atoms with van der Waals surface area (Å²) < 4.78 is 12.9. The van der Waals surface area contributed by atoms with Crippen LogP contribution in [0.3, 0.4) is 0 Å². The van der Waals surface area contributed by atoms with Gasteiger partial charge in [-0.3, -0.25) is 4.79 Å². The zero-order valence-corrected chi connectivity index (χ0v) is 10.9. The van der Waals surface area contributed by atoms with Gasteiger partial charge in [0, 0.05) is 19.5 Å². The minimum absolute atomic E-state index is 0.161. The van der Waals surface area contributed by atoms with E-state index in [0.29, 0.717) is 6.42 Å². The molecule has 0 heterocycles. The fourth-order valence-electron chi connectivity index (χ4n) is 1.48. The van der Waals surface area contributed by atoms with Crippen molar-refractivity contribution in [3.05, 3.63) is 34.6 Å². The van der Waals surface area contributed by atoms with Gasteiger partial charge < -0.3 is 4.90 Å². The van der Waals surface area contributed by atoms with Gasteiger partial charge in [0.05, 0.1) is 5.02 Å². The number of hydrogen-bond donors (Lipinski definition) is 0. The van der Waals surface area contributed by atoms with Crippen molar-refractivity contribution in [2.24, 2.45) is 0 Å². The number of ketones is 1. The maximum absolute atomic E-state index is 12.9. The zero-order valence-electron chi connectivity index (χ0n) is 10.2. The Morgan fingerprint density at radius 2 is 2.12 bits per heavy atom. The highest BCUT2D eigenvalue weighted by Gasteiger charge is 2.04. The first kappa shape index (κ1) is 14.1. The second kappa shape index (κ2) is 6.72. The maximum Gasteiger partial charge on any atom is 0.141 e. The maximum atomic E-state index is 12.9. The average molecular weight is 258 g/mol. The molecule has 4 heteroatoms. The van der Waals surface area contributed by atoms with E-state index >= 15 is 0 Å². The van der Waals surface area contributed by atoms with Crippen LogP contribution in [0.5, 0.6) is 0 Å².